The molecular formula is C25H27N3O4. The van der Waals surface area contributed by atoms with Gasteiger partial charge in [0.1, 0.15) is 5.75 Å². The number of piperazine rings is 1. The van der Waals surface area contributed by atoms with E-state index in [0.29, 0.717) is 24.3 Å². The molecule has 0 aliphatic carbocycles. The third-order valence-corrected chi connectivity index (χ3v) is 5.62. The summed E-state index contributed by atoms with van der Waals surface area (Å²) in [4.78, 5) is 29.2. The number of benzene rings is 2. The first kappa shape index (κ1) is 21.6. The fourth-order valence-corrected chi connectivity index (χ4v) is 3.86. The molecule has 4 rings (SSSR count). The number of furan rings is 1. The highest BCUT2D eigenvalue weighted by Gasteiger charge is 2.23. The van der Waals surface area contributed by atoms with Gasteiger partial charge in [-0.25, -0.2) is 0 Å². The zero-order valence-corrected chi connectivity index (χ0v) is 18.3. The first-order chi connectivity index (χ1) is 15.5. The van der Waals surface area contributed by atoms with Crippen LogP contribution in [-0.4, -0.2) is 54.9 Å². The van der Waals surface area contributed by atoms with Crippen molar-refractivity contribution in [3.8, 4) is 5.75 Å². The molecule has 1 saturated heterocycles. The molecule has 166 valence electrons. The number of ether oxygens (including phenoxy) is 1. The number of nitrogens with one attached hydrogen (secondary N) is 1. The highest BCUT2D eigenvalue weighted by atomic mass is 16.5. The monoisotopic (exact) mass is 433 g/mol. The van der Waals surface area contributed by atoms with Gasteiger partial charge in [-0.1, -0.05) is 17.7 Å². The van der Waals surface area contributed by atoms with E-state index in [1.54, 1.807) is 43.5 Å². The Morgan fingerprint density at radius 3 is 2.44 bits per heavy atom. The second kappa shape index (κ2) is 9.70. The van der Waals surface area contributed by atoms with Gasteiger partial charge in [-0.3, -0.25) is 14.5 Å². The van der Waals surface area contributed by atoms with Crippen LogP contribution in [0.5, 0.6) is 5.75 Å². The molecule has 1 N–H and O–H groups in total. The maximum absolute atomic E-state index is 12.9. The number of hydrogen-bond donors (Lipinski definition) is 1. The molecule has 32 heavy (non-hydrogen) atoms. The lowest BCUT2D eigenvalue weighted by Gasteiger charge is -2.35. The summed E-state index contributed by atoms with van der Waals surface area (Å²) in [5, 5.41) is 2.76. The summed E-state index contributed by atoms with van der Waals surface area (Å²) in [7, 11) is 1.69. The Bertz CT molecular complexity index is 1070. The van der Waals surface area contributed by atoms with Gasteiger partial charge in [0.15, 0.2) is 5.76 Å². The molecule has 0 atom stereocenters. The van der Waals surface area contributed by atoms with Crippen LogP contribution in [0, 0.1) is 6.92 Å². The predicted octanol–water partition coefficient (Wildman–Crippen LogP) is 3.81. The van der Waals surface area contributed by atoms with Crippen LogP contribution in [0.2, 0.25) is 0 Å². The van der Waals surface area contributed by atoms with Crippen molar-refractivity contribution < 1.29 is 18.7 Å². The van der Waals surface area contributed by atoms with Crippen molar-refractivity contribution in [2.75, 3.05) is 38.6 Å². The molecule has 2 heterocycles. The van der Waals surface area contributed by atoms with Crippen LogP contribution in [0.4, 0.5) is 5.69 Å². The smallest absolute Gasteiger partial charge is 0.291 e. The van der Waals surface area contributed by atoms with Crippen LogP contribution in [-0.2, 0) is 6.54 Å². The first-order valence-corrected chi connectivity index (χ1v) is 10.6. The maximum Gasteiger partial charge on any atom is 0.291 e. The molecule has 2 amide bonds. The highest BCUT2D eigenvalue weighted by Crippen LogP contribution is 2.22. The number of carbonyl (C=O) groups excluding carboxylic acids is 2. The van der Waals surface area contributed by atoms with Gasteiger partial charge in [0.05, 0.1) is 13.4 Å². The lowest BCUT2D eigenvalue weighted by atomic mass is 10.1. The molecule has 1 aliphatic heterocycles. The molecule has 7 nitrogen and oxygen atoms in total. The van der Waals surface area contributed by atoms with Crippen LogP contribution < -0.4 is 10.1 Å². The van der Waals surface area contributed by atoms with Crippen LogP contribution in [0.3, 0.4) is 0 Å². The van der Waals surface area contributed by atoms with Crippen molar-refractivity contribution in [1.82, 2.24) is 9.80 Å². The van der Waals surface area contributed by atoms with Crippen molar-refractivity contribution in [2.24, 2.45) is 0 Å². The van der Waals surface area contributed by atoms with E-state index in [-0.39, 0.29) is 17.6 Å². The van der Waals surface area contributed by atoms with Crippen molar-refractivity contribution in [2.45, 2.75) is 13.5 Å². The summed E-state index contributed by atoms with van der Waals surface area (Å²) in [5.41, 5.74) is 3.59. The number of nitrogens with zero attached hydrogens (tertiary/aromatic N) is 2. The van der Waals surface area contributed by atoms with Gasteiger partial charge in [0.25, 0.3) is 11.8 Å². The summed E-state index contributed by atoms with van der Waals surface area (Å²) in [6.07, 6.45) is 1.45. The van der Waals surface area contributed by atoms with E-state index in [1.807, 2.05) is 17.0 Å². The van der Waals surface area contributed by atoms with E-state index in [1.165, 1.54) is 17.4 Å². The average molecular weight is 434 g/mol. The Hall–Kier alpha value is -3.58. The topological polar surface area (TPSA) is 75.0 Å². The van der Waals surface area contributed by atoms with E-state index < -0.39 is 0 Å². The quantitative estimate of drug-likeness (QED) is 0.640. The number of amides is 2. The Kier molecular flexibility index (Phi) is 6.56. The third kappa shape index (κ3) is 5.00. The van der Waals surface area contributed by atoms with Crippen LogP contribution >= 0.6 is 0 Å². The normalized spacial score (nSPS) is 14.2. The van der Waals surface area contributed by atoms with Gasteiger partial charge >= 0.3 is 0 Å². The molecule has 0 bridgehead atoms. The van der Waals surface area contributed by atoms with Crippen molar-refractivity contribution in [3.05, 3.63) is 83.3 Å². The molecular weight excluding hydrogens is 406 g/mol. The number of rotatable bonds is 6. The fourth-order valence-electron chi connectivity index (χ4n) is 3.86. The third-order valence-electron chi connectivity index (χ3n) is 5.62. The molecule has 0 saturated carbocycles. The van der Waals surface area contributed by atoms with Gasteiger partial charge in [-0.05, 0) is 49.4 Å². The molecule has 0 radical (unpaired) electrons. The molecule has 0 spiro atoms. The minimum Gasteiger partial charge on any atom is -0.496 e. The van der Waals surface area contributed by atoms with Gasteiger partial charge in [0, 0.05) is 49.5 Å². The fraction of sp³-hybridized carbons (Fsp3) is 0.280. The molecule has 7 heteroatoms. The van der Waals surface area contributed by atoms with E-state index in [4.69, 9.17) is 9.15 Å². The number of hydrogen-bond acceptors (Lipinski definition) is 5. The lowest BCUT2D eigenvalue weighted by molar-refractivity contribution is 0.0627. The number of carbonyl (C=O) groups is 2. The van der Waals surface area contributed by atoms with Crippen molar-refractivity contribution in [3.63, 3.8) is 0 Å². The minimum absolute atomic E-state index is 0.00157. The Labute approximate surface area is 187 Å². The predicted molar refractivity (Wildman–Crippen MR) is 122 cm³/mol. The SMILES string of the molecule is COc1ccc(C)cc1CN1CCN(C(=O)c2ccc(NC(=O)c3ccco3)cc2)CC1. The van der Waals surface area contributed by atoms with Crippen molar-refractivity contribution in [1.29, 1.82) is 0 Å². The number of aryl methyl sites for hydroxylation is 1. The molecule has 2 aromatic carbocycles. The summed E-state index contributed by atoms with van der Waals surface area (Å²) < 4.78 is 10.6. The summed E-state index contributed by atoms with van der Waals surface area (Å²) in [6, 6.07) is 16.4. The zero-order chi connectivity index (χ0) is 22.5. The van der Waals surface area contributed by atoms with Gasteiger partial charge in [0.2, 0.25) is 0 Å². The highest BCUT2D eigenvalue weighted by molar-refractivity contribution is 6.02. The van der Waals surface area contributed by atoms with Gasteiger partial charge < -0.3 is 19.4 Å². The second-order valence-electron chi connectivity index (χ2n) is 7.89. The van der Waals surface area contributed by atoms with E-state index in [9.17, 15) is 9.59 Å². The van der Waals surface area contributed by atoms with E-state index in [2.05, 4.69) is 23.2 Å². The Morgan fingerprint density at radius 2 is 1.78 bits per heavy atom. The molecule has 1 aliphatic rings. The molecule has 1 aromatic heterocycles. The van der Waals surface area contributed by atoms with Crippen LogP contribution in [0.15, 0.2) is 65.3 Å². The summed E-state index contributed by atoms with van der Waals surface area (Å²) in [5.74, 6) is 0.816. The summed E-state index contributed by atoms with van der Waals surface area (Å²) in [6.45, 7) is 5.83. The second-order valence-corrected chi connectivity index (χ2v) is 7.89. The van der Waals surface area contributed by atoms with Crippen LogP contribution in [0.1, 0.15) is 32.0 Å². The largest absolute Gasteiger partial charge is 0.496 e. The zero-order valence-electron chi connectivity index (χ0n) is 18.3. The molecule has 3 aromatic rings. The molecule has 1 fully saturated rings. The van der Waals surface area contributed by atoms with Crippen molar-refractivity contribution >= 4 is 17.5 Å². The summed E-state index contributed by atoms with van der Waals surface area (Å²) >= 11 is 0. The average Bonchev–Trinajstić information content (AvgIpc) is 3.35. The van der Waals surface area contributed by atoms with E-state index in [0.717, 1.165) is 25.4 Å². The number of methoxy groups -OCH3 is 1. The minimum atomic E-state index is -0.324. The van der Waals surface area contributed by atoms with Gasteiger partial charge in [-0.15, -0.1) is 0 Å². The standard InChI is InChI=1S/C25H27N3O4/c1-18-5-10-22(31-2)20(16-18)17-27-11-13-28(14-12-27)25(30)19-6-8-21(9-7-19)26-24(29)23-4-3-15-32-23/h3-10,15-16H,11-14,17H2,1-2H3,(H,26,29). The van der Waals surface area contributed by atoms with E-state index >= 15 is 0 Å². The lowest BCUT2D eigenvalue weighted by Crippen LogP contribution is -2.48. The Morgan fingerprint density at radius 1 is 1.03 bits per heavy atom. The molecule has 0 unspecified atom stereocenters. The first-order valence-electron chi connectivity index (χ1n) is 10.6. The maximum atomic E-state index is 12.9. The Balaban J connectivity index is 1.31. The number of anilines is 1. The van der Waals surface area contributed by atoms with Gasteiger partial charge in [-0.2, -0.15) is 0 Å². The van der Waals surface area contributed by atoms with Crippen LogP contribution in [0.25, 0.3) is 0 Å².